The van der Waals surface area contributed by atoms with E-state index in [4.69, 9.17) is 5.73 Å². The van der Waals surface area contributed by atoms with Crippen LogP contribution in [0.4, 0.5) is 4.79 Å². The number of nitrogens with zero attached hydrogens (tertiary/aromatic N) is 1. The molecule has 1 fully saturated rings. The first-order valence-corrected chi connectivity index (χ1v) is 7.26. The molecule has 2 amide bonds. The van der Waals surface area contributed by atoms with Gasteiger partial charge in [-0.2, -0.15) is 0 Å². The summed E-state index contributed by atoms with van der Waals surface area (Å²) in [5.41, 5.74) is 8.72. The first-order chi connectivity index (χ1) is 9.12. The average Bonchev–Trinajstić information content (AvgIpc) is 2.44. The summed E-state index contributed by atoms with van der Waals surface area (Å²) in [7, 11) is 0. The number of nitrogens with two attached hydrogens (primary N) is 1. The summed E-state index contributed by atoms with van der Waals surface area (Å²) < 4.78 is 0. The third-order valence-corrected chi connectivity index (χ3v) is 5.15. The lowest BCUT2D eigenvalue weighted by atomic mass is 9.62. The van der Waals surface area contributed by atoms with Crippen LogP contribution in [0.2, 0.25) is 0 Å². The zero-order chi connectivity index (χ0) is 13.5. The maximum Gasteiger partial charge on any atom is 0.314 e. The van der Waals surface area contributed by atoms with Crippen molar-refractivity contribution in [2.24, 2.45) is 5.73 Å². The molecule has 102 valence electrons. The lowest BCUT2D eigenvalue weighted by Crippen LogP contribution is -2.48. The smallest absolute Gasteiger partial charge is 0.314 e. The number of likely N-dealkylation sites (tertiary alicyclic amines) is 1. The highest BCUT2D eigenvalue weighted by Gasteiger charge is 2.41. The van der Waals surface area contributed by atoms with Crippen LogP contribution in [-0.4, -0.2) is 24.0 Å². The van der Waals surface area contributed by atoms with Gasteiger partial charge < -0.3 is 10.6 Å². The summed E-state index contributed by atoms with van der Waals surface area (Å²) in [6, 6.07) is 8.60. The van der Waals surface area contributed by atoms with Gasteiger partial charge in [0.2, 0.25) is 0 Å². The maximum atomic E-state index is 11.3. The molecule has 1 spiro atoms. The molecule has 1 aromatic carbocycles. The van der Waals surface area contributed by atoms with E-state index in [1.807, 2.05) is 0 Å². The highest BCUT2D eigenvalue weighted by molar-refractivity contribution is 5.72. The van der Waals surface area contributed by atoms with Crippen molar-refractivity contribution in [3.8, 4) is 0 Å². The van der Waals surface area contributed by atoms with Gasteiger partial charge >= 0.3 is 6.03 Å². The number of hydrogen-bond donors (Lipinski definition) is 1. The van der Waals surface area contributed by atoms with E-state index >= 15 is 0 Å². The van der Waals surface area contributed by atoms with Gasteiger partial charge in [0, 0.05) is 13.1 Å². The van der Waals surface area contributed by atoms with Gasteiger partial charge in [-0.25, -0.2) is 4.79 Å². The Kier molecular flexibility index (Phi) is 3.00. The molecule has 3 heteroatoms. The largest absolute Gasteiger partial charge is 0.351 e. The normalized spacial score (nSPS) is 25.1. The molecule has 3 nitrogen and oxygen atoms in total. The molecule has 0 radical (unpaired) electrons. The fourth-order valence-electron chi connectivity index (χ4n) is 3.87. The monoisotopic (exact) mass is 258 g/mol. The SMILES string of the molecule is CC1CCC2(CCN(C(N)=O)CC2)c2ccccc21. The molecule has 0 bridgehead atoms. The number of piperidine rings is 1. The Bertz CT molecular complexity index is 489. The predicted octanol–water partition coefficient (Wildman–Crippen LogP) is 3.00. The molecule has 1 atom stereocenters. The highest BCUT2D eigenvalue weighted by atomic mass is 16.2. The number of amides is 2. The minimum Gasteiger partial charge on any atom is -0.351 e. The molecule has 3 rings (SSSR count). The summed E-state index contributed by atoms with van der Waals surface area (Å²) in [5, 5.41) is 0. The van der Waals surface area contributed by atoms with Crippen LogP contribution in [0.1, 0.15) is 49.7 Å². The van der Waals surface area contributed by atoms with Crippen LogP contribution in [0.15, 0.2) is 24.3 Å². The van der Waals surface area contributed by atoms with Gasteiger partial charge in [-0.05, 0) is 48.1 Å². The Hall–Kier alpha value is -1.51. The van der Waals surface area contributed by atoms with Crippen molar-refractivity contribution in [1.29, 1.82) is 0 Å². The standard InChI is InChI=1S/C16H22N2O/c1-12-6-7-16(14-5-3-2-4-13(12)14)8-10-18(11-9-16)15(17)19/h2-5,12H,6-11H2,1H3,(H2,17,19). The molecule has 2 aliphatic rings. The van der Waals surface area contributed by atoms with Crippen molar-refractivity contribution in [3.63, 3.8) is 0 Å². The second-order valence-corrected chi connectivity index (χ2v) is 6.13. The fraction of sp³-hybridized carbons (Fsp3) is 0.562. The van der Waals surface area contributed by atoms with Crippen LogP contribution < -0.4 is 5.73 Å². The van der Waals surface area contributed by atoms with E-state index in [1.165, 1.54) is 24.0 Å². The van der Waals surface area contributed by atoms with E-state index in [0.29, 0.717) is 5.92 Å². The van der Waals surface area contributed by atoms with Gasteiger partial charge in [0.25, 0.3) is 0 Å². The van der Waals surface area contributed by atoms with E-state index in [0.717, 1.165) is 25.9 Å². The Morgan fingerprint density at radius 1 is 1.26 bits per heavy atom. The minimum absolute atomic E-state index is 0.271. The van der Waals surface area contributed by atoms with Crippen LogP contribution in [0.25, 0.3) is 0 Å². The molecular formula is C16H22N2O. The predicted molar refractivity (Wildman–Crippen MR) is 76.2 cm³/mol. The number of benzene rings is 1. The van der Waals surface area contributed by atoms with Crippen molar-refractivity contribution < 1.29 is 4.79 Å². The summed E-state index contributed by atoms with van der Waals surface area (Å²) in [6.07, 6.45) is 4.62. The number of carbonyl (C=O) groups is 1. The topological polar surface area (TPSA) is 46.3 Å². The van der Waals surface area contributed by atoms with E-state index in [-0.39, 0.29) is 11.4 Å². The van der Waals surface area contributed by atoms with Crippen molar-refractivity contribution in [2.75, 3.05) is 13.1 Å². The molecule has 1 heterocycles. The minimum atomic E-state index is -0.271. The Labute approximate surface area is 114 Å². The van der Waals surface area contributed by atoms with Crippen molar-refractivity contribution in [1.82, 2.24) is 4.90 Å². The van der Waals surface area contributed by atoms with Gasteiger partial charge in [0.05, 0.1) is 0 Å². The quantitative estimate of drug-likeness (QED) is 0.764. The second-order valence-electron chi connectivity index (χ2n) is 6.13. The molecule has 19 heavy (non-hydrogen) atoms. The van der Waals surface area contributed by atoms with E-state index in [2.05, 4.69) is 31.2 Å². The maximum absolute atomic E-state index is 11.3. The third kappa shape index (κ3) is 2.01. The Morgan fingerprint density at radius 3 is 2.63 bits per heavy atom. The van der Waals surface area contributed by atoms with Crippen molar-refractivity contribution in [3.05, 3.63) is 35.4 Å². The Morgan fingerprint density at radius 2 is 1.95 bits per heavy atom. The summed E-state index contributed by atoms with van der Waals surface area (Å²) in [4.78, 5) is 13.1. The number of carbonyl (C=O) groups excluding carboxylic acids is 1. The highest BCUT2D eigenvalue weighted by Crippen LogP contribution is 2.48. The van der Waals surface area contributed by atoms with Crippen molar-refractivity contribution >= 4 is 6.03 Å². The third-order valence-electron chi connectivity index (χ3n) is 5.15. The summed E-state index contributed by atoms with van der Waals surface area (Å²) in [5.74, 6) is 0.663. The summed E-state index contributed by atoms with van der Waals surface area (Å²) >= 11 is 0. The van der Waals surface area contributed by atoms with Crippen LogP contribution in [0, 0.1) is 0 Å². The van der Waals surface area contributed by atoms with Crippen molar-refractivity contribution in [2.45, 2.75) is 43.9 Å². The number of rotatable bonds is 0. The molecular weight excluding hydrogens is 236 g/mol. The number of urea groups is 1. The molecule has 1 aliphatic carbocycles. The zero-order valence-electron chi connectivity index (χ0n) is 11.6. The lowest BCUT2D eigenvalue weighted by Gasteiger charge is -2.46. The van der Waals surface area contributed by atoms with Gasteiger partial charge in [-0.1, -0.05) is 31.2 Å². The Balaban J connectivity index is 1.91. The van der Waals surface area contributed by atoms with Crippen LogP contribution in [0.5, 0.6) is 0 Å². The number of primary amides is 1. The molecule has 1 unspecified atom stereocenters. The zero-order valence-corrected chi connectivity index (χ0v) is 11.6. The van der Waals surface area contributed by atoms with Crippen LogP contribution in [-0.2, 0) is 5.41 Å². The molecule has 1 saturated heterocycles. The fourth-order valence-corrected chi connectivity index (χ4v) is 3.87. The molecule has 1 aromatic rings. The molecule has 0 aromatic heterocycles. The van der Waals surface area contributed by atoms with E-state index in [9.17, 15) is 4.79 Å². The second kappa shape index (κ2) is 4.55. The number of hydrogen-bond acceptors (Lipinski definition) is 1. The molecule has 1 aliphatic heterocycles. The number of fused-ring (bicyclic) bond motifs is 2. The first-order valence-electron chi connectivity index (χ1n) is 7.26. The molecule has 0 saturated carbocycles. The van der Waals surface area contributed by atoms with Crippen LogP contribution >= 0.6 is 0 Å². The first kappa shape index (κ1) is 12.5. The van der Waals surface area contributed by atoms with Gasteiger partial charge in [-0.15, -0.1) is 0 Å². The van der Waals surface area contributed by atoms with Gasteiger partial charge in [-0.3, -0.25) is 0 Å². The van der Waals surface area contributed by atoms with E-state index in [1.54, 1.807) is 4.90 Å². The van der Waals surface area contributed by atoms with Gasteiger partial charge in [0.15, 0.2) is 0 Å². The lowest BCUT2D eigenvalue weighted by molar-refractivity contribution is 0.153. The molecule has 2 N–H and O–H groups in total. The van der Waals surface area contributed by atoms with Crippen LogP contribution in [0.3, 0.4) is 0 Å². The summed E-state index contributed by atoms with van der Waals surface area (Å²) in [6.45, 7) is 3.93. The average molecular weight is 258 g/mol. The van der Waals surface area contributed by atoms with Gasteiger partial charge in [0.1, 0.15) is 0 Å². The van der Waals surface area contributed by atoms with E-state index < -0.39 is 0 Å².